The number of anilines is 1. The Morgan fingerprint density at radius 2 is 2.30 bits per heavy atom. The van der Waals surface area contributed by atoms with Crippen molar-refractivity contribution in [3.63, 3.8) is 0 Å². The van der Waals surface area contributed by atoms with Gasteiger partial charge in [0.25, 0.3) is 0 Å². The van der Waals surface area contributed by atoms with Crippen molar-refractivity contribution in [3.05, 3.63) is 29.4 Å². The van der Waals surface area contributed by atoms with E-state index in [1.807, 2.05) is 18.2 Å². The van der Waals surface area contributed by atoms with E-state index in [1.165, 1.54) is 0 Å². The predicted octanol–water partition coefficient (Wildman–Crippen LogP) is 1.84. The summed E-state index contributed by atoms with van der Waals surface area (Å²) in [6.45, 7) is 2.96. The molecule has 2 N–H and O–H groups in total. The second kappa shape index (κ2) is 5.91. The zero-order chi connectivity index (χ0) is 13.9. The van der Waals surface area contributed by atoms with Crippen LogP contribution in [0.4, 0.5) is 5.82 Å². The number of hydrogen-bond donors (Lipinski definition) is 1. The predicted molar refractivity (Wildman–Crippen MR) is 80.2 cm³/mol. The van der Waals surface area contributed by atoms with Crippen LogP contribution in [-0.2, 0) is 4.74 Å². The molecule has 0 amide bonds. The third kappa shape index (κ3) is 2.85. The van der Waals surface area contributed by atoms with Gasteiger partial charge < -0.3 is 15.4 Å². The van der Waals surface area contributed by atoms with Gasteiger partial charge in [-0.25, -0.2) is 4.98 Å². The quantitative estimate of drug-likeness (QED) is 0.935. The molecule has 1 unspecified atom stereocenters. The molecule has 6 heteroatoms. The van der Waals surface area contributed by atoms with E-state index in [2.05, 4.69) is 14.9 Å². The first kappa shape index (κ1) is 13.5. The number of nitrogens with zero attached hydrogens (tertiary/aromatic N) is 3. The fourth-order valence-corrected chi connectivity index (χ4v) is 2.58. The topological polar surface area (TPSA) is 64.3 Å². The highest BCUT2D eigenvalue weighted by molar-refractivity contribution is 6.31. The van der Waals surface area contributed by atoms with E-state index >= 15 is 0 Å². The largest absolute Gasteiger partial charge is 0.374 e. The SMILES string of the molecule is NCCC1CN(c2cnc3ccc(Cl)cc3n2)CCO1. The Kier molecular flexibility index (Phi) is 4.00. The Morgan fingerprint density at radius 1 is 1.40 bits per heavy atom. The van der Waals surface area contributed by atoms with Crippen molar-refractivity contribution in [2.75, 3.05) is 31.1 Å². The fourth-order valence-electron chi connectivity index (χ4n) is 2.42. The summed E-state index contributed by atoms with van der Waals surface area (Å²) < 4.78 is 5.69. The maximum atomic E-state index is 6.01. The Bertz CT molecular complexity index is 605. The minimum absolute atomic E-state index is 0.172. The molecule has 20 heavy (non-hydrogen) atoms. The third-order valence-electron chi connectivity index (χ3n) is 3.44. The van der Waals surface area contributed by atoms with Gasteiger partial charge in [0, 0.05) is 18.1 Å². The molecule has 106 valence electrons. The molecule has 0 radical (unpaired) electrons. The molecular weight excluding hydrogens is 276 g/mol. The van der Waals surface area contributed by atoms with E-state index in [9.17, 15) is 0 Å². The van der Waals surface area contributed by atoms with Crippen LogP contribution < -0.4 is 10.6 Å². The van der Waals surface area contributed by atoms with Gasteiger partial charge in [0.2, 0.25) is 0 Å². The number of ether oxygens (including phenoxy) is 1. The van der Waals surface area contributed by atoms with E-state index in [-0.39, 0.29) is 6.10 Å². The standard InChI is InChI=1S/C14H17ClN4O/c15-10-1-2-12-13(7-10)18-14(8-17-12)19-5-6-20-11(9-19)3-4-16/h1-2,7-8,11H,3-6,9,16H2. The minimum Gasteiger partial charge on any atom is -0.374 e. The molecular formula is C14H17ClN4O. The van der Waals surface area contributed by atoms with E-state index in [0.29, 0.717) is 18.2 Å². The Hall–Kier alpha value is -1.43. The van der Waals surface area contributed by atoms with Crippen molar-refractivity contribution in [3.8, 4) is 0 Å². The zero-order valence-electron chi connectivity index (χ0n) is 11.1. The monoisotopic (exact) mass is 292 g/mol. The Balaban J connectivity index is 1.85. The van der Waals surface area contributed by atoms with Crippen LogP contribution in [0.5, 0.6) is 0 Å². The molecule has 1 aliphatic heterocycles. The normalized spacial score (nSPS) is 19.5. The number of rotatable bonds is 3. The lowest BCUT2D eigenvalue weighted by Gasteiger charge is -2.33. The van der Waals surface area contributed by atoms with Crippen LogP contribution in [0.3, 0.4) is 0 Å². The van der Waals surface area contributed by atoms with Crippen LogP contribution in [-0.4, -0.2) is 42.3 Å². The van der Waals surface area contributed by atoms with Gasteiger partial charge in [0.15, 0.2) is 0 Å². The van der Waals surface area contributed by atoms with E-state index in [0.717, 1.165) is 36.4 Å². The van der Waals surface area contributed by atoms with Gasteiger partial charge in [-0.15, -0.1) is 0 Å². The van der Waals surface area contributed by atoms with Crippen LogP contribution in [0, 0.1) is 0 Å². The van der Waals surface area contributed by atoms with Crippen molar-refractivity contribution in [1.29, 1.82) is 0 Å². The smallest absolute Gasteiger partial charge is 0.148 e. The summed E-state index contributed by atoms with van der Waals surface area (Å²) in [5.41, 5.74) is 7.26. The van der Waals surface area contributed by atoms with Crippen LogP contribution in [0.25, 0.3) is 11.0 Å². The minimum atomic E-state index is 0.172. The van der Waals surface area contributed by atoms with Crippen molar-refractivity contribution >= 4 is 28.5 Å². The lowest BCUT2D eigenvalue weighted by molar-refractivity contribution is 0.0366. The summed E-state index contributed by atoms with van der Waals surface area (Å²) in [5.74, 6) is 0.866. The first-order chi connectivity index (χ1) is 9.76. The maximum Gasteiger partial charge on any atom is 0.148 e. The summed E-state index contributed by atoms with van der Waals surface area (Å²) in [7, 11) is 0. The third-order valence-corrected chi connectivity index (χ3v) is 3.68. The number of benzene rings is 1. The van der Waals surface area contributed by atoms with Gasteiger partial charge in [-0.1, -0.05) is 11.6 Å². The second-order valence-corrected chi connectivity index (χ2v) is 5.31. The zero-order valence-corrected chi connectivity index (χ0v) is 11.9. The summed E-state index contributed by atoms with van der Waals surface area (Å²) >= 11 is 6.01. The van der Waals surface area contributed by atoms with E-state index in [1.54, 1.807) is 6.20 Å². The van der Waals surface area contributed by atoms with E-state index < -0.39 is 0 Å². The Morgan fingerprint density at radius 3 is 3.15 bits per heavy atom. The van der Waals surface area contributed by atoms with Gasteiger partial charge in [-0.2, -0.15) is 0 Å². The molecule has 1 atom stereocenters. The van der Waals surface area contributed by atoms with Crippen LogP contribution in [0.1, 0.15) is 6.42 Å². The fraction of sp³-hybridized carbons (Fsp3) is 0.429. The number of morpholine rings is 1. The molecule has 1 aromatic heterocycles. The lowest BCUT2D eigenvalue weighted by atomic mass is 10.2. The molecule has 1 fully saturated rings. The van der Waals surface area contributed by atoms with Crippen molar-refractivity contribution in [1.82, 2.24) is 9.97 Å². The average molecular weight is 293 g/mol. The van der Waals surface area contributed by atoms with Gasteiger partial charge in [0.05, 0.1) is 29.9 Å². The number of nitrogens with two attached hydrogens (primary N) is 1. The molecule has 0 bridgehead atoms. The van der Waals surface area contributed by atoms with Crippen molar-refractivity contribution in [2.24, 2.45) is 5.73 Å². The van der Waals surface area contributed by atoms with Crippen molar-refractivity contribution in [2.45, 2.75) is 12.5 Å². The van der Waals surface area contributed by atoms with Crippen LogP contribution >= 0.6 is 11.6 Å². The highest BCUT2D eigenvalue weighted by Crippen LogP contribution is 2.21. The molecule has 2 aromatic rings. The first-order valence-corrected chi connectivity index (χ1v) is 7.13. The number of aromatic nitrogens is 2. The molecule has 2 heterocycles. The number of hydrogen-bond acceptors (Lipinski definition) is 5. The second-order valence-electron chi connectivity index (χ2n) is 4.88. The molecule has 1 aromatic carbocycles. The summed E-state index contributed by atoms with van der Waals surface area (Å²) in [5, 5.41) is 0.673. The van der Waals surface area contributed by atoms with Gasteiger partial charge in [-0.3, -0.25) is 4.98 Å². The average Bonchev–Trinajstić information content (AvgIpc) is 2.47. The molecule has 5 nitrogen and oxygen atoms in total. The van der Waals surface area contributed by atoms with Crippen molar-refractivity contribution < 1.29 is 4.74 Å². The van der Waals surface area contributed by atoms with Crippen LogP contribution in [0.15, 0.2) is 24.4 Å². The molecule has 0 saturated carbocycles. The van der Waals surface area contributed by atoms with Gasteiger partial charge in [-0.05, 0) is 31.2 Å². The van der Waals surface area contributed by atoms with Crippen LogP contribution in [0.2, 0.25) is 5.02 Å². The molecule has 3 rings (SSSR count). The molecule has 0 aliphatic carbocycles. The van der Waals surface area contributed by atoms with Gasteiger partial charge in [0.1, 0.15) is 5.82 Å². The number of fused-ring (bicyclic) bond motifs is 1. The molecule has 1 aliphatic rings. The molecule has 1 saturated heterocycles. The highest BCUT2D eigenvalue weighted by Gasteiger charge is 2.21. The highest BCUT2D eigenvalue weighted by atomic mass is 35.5. The summed E-state index contributed by atoms with van der Waals surface area (Å²) in [6.07, 6.45) is 2.84. The molecule has 0 spiro atoms. The lowest BCUT2D eigenvalue weighted by Crippen LogP contribution is -2.43. The first-order valence-electron chi connectivity index (χ1n) is 6.75. The number of halogens is 1. The van der Waals surface area contributed by atoms with Gasteiger partial charge >= 0.3 is 0 Å². The summed E-state index contributed by atoms with van der Waals surface area (Å²) in [4.78, 5) is 11.3. The Labute approximate surface area is 122 Å². The van der Waals surface area contributed by atoms with E-state index in [4.69, 9.17) is 22.1 Å². The summed E-state index contributed by atoms with van der Waals surface area (Å²) in [6, 6.07) is 5.54. The maximum absolute atomic E-state index is 6.01.